The van der Waals surface area contributed by atoms with Gasteiger partial charge in [-0.25, -0.2) is 4.98 Å². The van der Waals surface area contributed by atoms with E-state index in [2.05, 4.69) is 10.1 Å². The standard InChI is InChI=1S/C15H12N4O/c1-19-12-5-3-2-4-10(12)14(18-19)15-17-11-7-6-9(16)8-13(11)20-15/h2-8H,16H2,1H3. The van der Waals surface area contributed by atoms with Crippen LogP contribution in [0.1, 0.15) is 0 Å². The van der Waals surface area contributed by atoms with Gasteiger partial charge in [-0.15, -0.1) is 0 Å². The average Bonchev–Trinajstić information content (AvgIpc) is 3.00. The van der Waals surface area contributed by atoms with E-state index < -0.39 is 0 Å². The molecule has 2 aromatic carbocycles. The summed E-state index contributed by atoms with van der Waals surface area (Å²) in [5, 5.41) is 5.53. The zero-order valence-electron chi connectivity index (χ0n) is 10.9. The van der Waals surface area contributed by atoms with Crippen LogP contribution in [0.15, 0.2) is 46.9 Å². The predicted octanol–water partition coefficient (Wildman–Crippen LogP) is 2.96. The maximum absolute atomic E-state index is 5.79. The Bertz CT molecular complexity index is 936. The molecule has 5 nitrogen and oxygen atoms in total. The number of oxazole rings is 1. The summed E-state index contributed by atoms with van der Waals surface area (Å²) in [4.78, 5) is 4.49. The van der Waals surface area contributed by atoms with Crippen molar-refractivity contribution in [2.75, 3.05) is 5.73 Å². The normalized spacial score (nSPS) is 11.4. The molecule has 0 atom stereocenters. The minimum absolute atomic E-state index is 0.516. The van der Waals surface area contributed by atoms with Gasteiger partial charge in [0.05, 0.1) is 5.52 Å². The summed E-state index contributed by atoms with van der Waals surface area (Å²) < 4.78 is 7.62. The Balaban J connectivity index is 2.01. The van der Waals surface area contributed by atoms with Gasteiger partial charge in [-0.05, 0) is 18.2 Å². The molecule has 20 heavy (non-hydrogen) atoms. The summed E-state index contributed by atoms with van der Waals surface area (Å²) in [5.74, 6) is 0.516. The average molecular weight is 264 g/mol. The number of rotatable bonds is 1. The first-order valence-electron chi connectivity index (χ1n) is 6.30. The molecule has 0 bridgehead atoms. The number of anilines is 1. The highest BCUT2D eigenvalue weighted by Gasteiger charge is 2.16. The van der Waals surface area contributed by atoms with E-state index >= 15 is 0 Å². The SMILES string of the molecule is Cn1nc(-c2nc3ccc(N)cc3o2)c2ccccc21. The van der Waals surface area contributed by atoms with E-state index in [0.29, 0.717) is 17.2 Å². The number of fused-ring (bicyclic) bond motifs is 2. The van der Waals surface area contributed by atoms with Crippen LogP contribution < -0.4 is 5.73 Å². The van der Waals surface area contributed by atoms with Crippen LogP contribution in [-0.2, 0) is 7.05 Å². The molecule has 4 rings (SSSR count). The van der Waals surface area contributed by atoms with Crippen LogP contribution >= 0.6 is 0 Å². The first-order chi connectivity index (χ1) is 9.72. The molecule has 0 amide bonds. The van der Waals surface area contributed by atoms with E-state index in [1.54, 1.807) is 6.07 Å². The quantitative estimate of drug-likeness (QED) is 0.536. The smallest absolute Gasteiger partial charge is 0.248 e. The van der Waals surface area contributed by atoms with Crippen LogP contribution in [0.2, 0.25) is 0 Å². The Hall–Kier alpha value is -2.82. The third-order valence-electron chi connectivity index (χ3n) is 3.37. The van der Waals surface area contributed by atoms with Gasteiger partial charge in [-0.2, -0.15) is 5.10 Å². The van der Waals surface area contributed by atoms with E-state index in [4.69, 9.17) is 10.2 Å². The van der Waals surface area contributed by atoms with Crippen LogP contribution in [0.25, 0.3) is 33.6 Å². The van der Waals surface area contributed by atoms with Crippen molar-refractivity contribution in [3.05, 3.63) is 42.5 Å². The van der Waals surface area contributed by atoms with Crippen molar-refractivity contribution in [3.8, 4) is 11.6 Å². The fourth-order valence-electron chi connectivity index (χ4n) is 2.41. The van der Waals surface area contributed by atoms with Gasteiger partial charge in [0.25, 0.3) is 0 Å². The Morgan fingerprint density at radius 2 is 2.00 bits per heavy atom. The van der Waals surface area contributed by atoms with E-state index in [-0.39, 0.29) is 0 Å². The fourth-order valence-corrected chi connectivity index (χ4v) is 2.41. The second kappa shape index (κ2) is 3.84. The molecule has 0 unspecified atom stereocenters. The molecule has 4 aromatic rings. The molecule has 98 valence electrons. The summed E-state index contributed by atoms with van der Waals surface area (Å²) in [7, 11) is 1.91. The van der Waals surface area contributed by atoms with E-state index in [1.165, 1.54) is 0 Å². The Morgan fingerprint density at radius 1 is 1.15 bits per heavy atom. The molecule has 0 aliphatic carbocycles. The van der Waals surface area contributed by atoms with Gasteiger partial charge in [0, 0.05) is 24.2 Å². The fraction of sp³-hybridized carbons (Fsp3) is 0.0667. The van der Waals surface area contributed by atoms with Crippen molar-refractivity contribution in [1.29, 1.82) is 0 Å². The predicted molar refractivity (Wildman–Crippen MR) is 78.1 cm³/mol. The summed E-state index contributed by atoms with van der Waals surface area (Å²) in [6.07, 6.45) is 0. The summed E-state index contributed by atoms with van der Waals surface area (Å²) in [6, 6.07) is 13.4. The first kappa shape index (κ1) is 11.0. The number of nitrogens with zero attached hydrogens (tertiary/aromatic N) is 3. The van der Waals surface area contributed by atoms with E-state index in [0.717, 1.165) is 22.1 Å². The maximum Gasteiger partial charge on any atom is 0.248 e. The van der Waals surface area contributed by atoms with Crippen LogP contribution in [0, 0.1) is 0 Å². The number of aryl methyl sites for hydroxylation is 1. The van der Waals surface area contributed by atoms with Crippen LogP contribution in [0.4, 0.5) is 5.69 Å². The van der Waals surface area contributed by atoms with Crippen molar-refractivity contribution in [2.45, 2.75) is 0 Å². The van der Waals surface area contributed by atoms with Gasteiger partial charge in [0.1, 0.15) is 5.52 Å². The molecule has 0 fully saturated rings. The molecule has 0 saturated heterocycles. The van der Waals surface area contributed by atoms with Gasteiger partial charge >= 0.3 is 0 Å². The number of para-hydroxylation sites is 1. The topological polar surface area (TPSA) is 69.9 Å². The second-order valence-electron chi connectivity index (χ2n) is 4.74. The van der Waals surface area contributed by atoms with Crippen LogP contribution in [0.5, 0.6) is 0 Å². The van der Waals surface area contributed by atoms with Crippen LogP contribution in [0.3, 0.4) is 0 Å². The number of hydrogen-bond donors (Lipinski definition) is 1. The van der Waals surface area contributed by atoms with Crippen LogP contribution in [-0.4, -0.2) is 14.8 Å². The first-order valence-corrected chi connectivity index (χ1v) is 6.30. The van der Waals surface area contributed by atoms with Crippen molar-refractivity contribution in [2.24, 2.45) is 7.05 Å². The highest BCUT2D eigenvalue weighted by Crippen LogP contribution is 2.29. The van der Waals surface area contributed by atoms with Gasteiger partial charge < -0.3 is 10.2 Å². The van der Waals surface area contributed by atoms with Crippen molar-refractivity contribution >= 4 is 27.7 Å². The lowest BCUT2D eigenvalue weighted by Crippen LogP contribution is -1.89. The monoisotopic (exact) mass is 264 g/mol. The number of nitrogen functional groups attached to an aromatic ring is 1. The molecule has 0 spiro atoms. The lowest BCUT2D eigenvalue weighted by atomic mass is 10.2. The number of benzene rings is 2. The minimum Gasteiger partial charge on any atom is -0.435 e. The molecule has 2 N–H and O–H groups in total. The largest absolute Gasteiger partial charge is 0.435 e. The van der Waals surface area contributed by atoms with Gasteiger partial charge in [-0.1, -0.05) is 18.2 Å². The van der Waals surface area contributed by atoms with Gasteiger partial charge in [0.2, 0.25) is 5.89 Å². The zero-order chi connectivity index (χ0) is 13.7. The lowest BCUT2D eigenvalue weighted by molar-refractivity contribution is 0.614. The number of aromatic nitrogens is 3. The van der Waals surface area contributed by atoms with Crippen molar-refractivity contribution in [3.63, 3.8) is 0 Å². The second-order valence-corrected chi connectivity index (χ2v) is 4.74. The Morgan fingerprint density at radius 3 is 2.90 bits per heavy atom. The minimum atomic E-state index is 0.516. The molecular formula is C15H12N4O. The Kier molecular flexibility index (Phi) is 2.12. The summed E-state index contributed by atoms with van der Waals surface area (Å²) in [5.41, 5.74) is 9.67. The van der Waals surface area contributed by atoms with Crippen molar-refractivity contribution in [1.82, 2.24) is 14.8 Å². The van der Waals surface area contributed by atoms with Crippen molar-refractivity contribution < 1.29 is 4.42 Å². The highest BCUT2D eigenvalue weighted by atomic mass is 16.3. The molecule has 0 radical (unpaired) electrons. The summed E-state index contributed by atoms with van der Waals surface area (Å²) >= 11 is 0. The maximum atomic E-state index is 5.79. The highest BCUT2D eigenvalue weighted by molar-refractivity contribution is 5.92. The van der Waals surface area contributed by atoms with Gasteiger partial charge in [-0.3, -0.25) is 4.68 Å². The molecule has 0 aliphatic rings. The Labute approximate surface area is 114 Å². The number of hydrogen-bond acceptors (Lipinski definition) is 4. The molecule has 2 aromatic heterocycles. The molecule has 0 aliphatic heterocycles. The third-order valence-corrected chi connectivity index (χ3v) is 3.37. The number of nitrogens with two attached hydrogens (primary N) is 1. The molecule has 2 heterocycles. The zero-order valence-corrected chi connectivity index (χ0v) is 10.9. The third kappa shape index (κ3) is 1.50. The lowest BCUT2D eigenvalue weighted by Gasteiger charge is -1.90. The van der Waals surface area contributed by atoms with E-state index in [9.17, 15) is 0 Å². The van der Waals surface area contributed by atoms with E-state index in [1.807, 2.05) is 48.1 Å². The van der Waals surface area contributed by atoms with Gasteiger partial charge in [0.15, 0.2) is 11.3 Å². The molecule has 0 saturated carbocycles. The molecule has 5 heteroatoms. The molecular weight excluding hydrogens is 252 g/mol. The summed E-state index contributed by atoms with van der Waals surface area (Å²) in [6.45, 7) is 0.